The molecule has 1 fully saturated rings. The van der Waals surface area contributed by atoms with Crippen LogP contribution >= 0.6 is 0 Å². The van der Waals surface area contributed by atoms with Crippen LogP contribution in [-0.4, -0.2) is 55.7 Å². The van der Waals surface area contributed by atoms with Crippen molar-refractivity contribution >= 4 is 11.7 Å². The lowest BCUT2D eigenvalue weighted by molar-refractivity contribution is -0.114. The van der Waals surface area contributed by atoms with Crippen LogP contribution in [-0.2, 0) is 9.53 Å². The number of amides is 1. The smallest absolute Gasteiger partial charge is 0.351 e. The Kier molecular flexibility index (Phi) is 4.14. The Hall–Kier alpha value is -1.81. The molecule has 2 heterocycles. The first-order valence-electron chi connectivity index (χ1n) is 5.93. The summed E-state index contributed by atoms with van der Waals surface area (Å²) in [7, 11) is 0. The van der Waals surface area contributed by atoms with E-state index in [9.17, 15) is 19.8 Å². The molecule has 0 radical (unpaired) electrons. The van der Waals surface area contributed by atoms with Crippen LogP contribution in [0.5, 0.6) is 0 Å². The van der Waals surface area contributed by atoms with E-state index in [1.807, 2.05) is 0 Å². The molecule has 0 bridgehead atoms. The fourth-order valence-electron chi connectivity index (χ4n) is 1.97. The highest BCUT2D eigenvalue weighted by Crippen LogP contribution is 2.27. The summed E-state index contributed by atoms with van der Waals surface area (Å²) in [5.41, 5.74) is -0.758. The van der Waals surface area contributed by atoms with Crippen molar-refractivity contribution in [1.29, 1.82) is 0 Å². The van der Waals surface area contributed by atoms with Crippen molar-refractivity contribution in [2.24, 2.45) is 0 Å². The minimum absolute atomic E-state index is 0.0745. The zero-order valence-electron chi connectivity index (χ0n) is 10.6. The first kappa shape index (κ1) is 14.6. The Morgan fingerprint density at radius 2 is 2.20 bits per heavy atom. The van der Waals surface area contributed by atoms with Gasteiger partial charge in [0, 0.05) is 13.1 Å². The van der Waals surface area contributed by atoms with Gasteiger partial charge in [0.05, 0.1) is 6.61 Å². The van der Waals surface area contributed by atoms with Gasteiger partial charge in [0.25, 0.3) is 0 Å². The molecule has 1 aliphatic rings. The average molecular weight is 285 g/mol. The van der Waals surface area contributed by atoms with Crippen molar-refractivity contribution in [3.05, 3.63) is 22.7 Å². The predicted molar refractivity (Wildman–Crippen MR) is 65.8 cm³/mol. The molecule has 1 unspecified atom stereocenters. The number of nitrogens with one attached hydrogen (secondary N) is 1. The van der Waals surface area contributed by atoms with E-state index < -0.39 is 36.8 Å². The van der Waals surface area contributed by atoms with Crippen LogP contribution in [0.3, 0.4) is 0 Å². The summed E-state index contributed by atoms with van der Waals surface area (Å²) < 4.78 is 6.19. The molecule has 1 saturated heterocycles. The third-order valence-electron chi connectivity index (χ3n) is 2.93. The summed E-state index contributed by atoms with van der Waals surface area (Å²) in [4.78, 5) is 26.3. The van der Waals surface area contributed by atoms with E-state index in [1.165, 1.54) is 19.2 Å². The van der Waals surface area contributed by atoms with E-state index >= 15 is 0 Å². The number of carbonyl (C=O) groups excluding carboxylic acids is 1. The van der Waals surface area contributed by atoms with Gasteiger partial charge in [-0.25, -0.2) is 4.79 Å². The largest absolute Gasteiger partial charge is 0.394 e. The van der Waals surface area contributed by atoms with Gasteiger partial charge in [-0.1, -0.05) is 0 Å². The number of carbonyl (C=O) groups is 1. The lowest BCUT2D eigenvalue weighted by Gasteiger charge is -2.17. The van der Waals surface area contributed by atoms with Gasteiger partial charge in [-0.3, -0.25) is 9.36 Å². The second-order valence-electron chi connectivity index (χ2n) is 4.41. The fourth-order valence-corrected chi connectivity index (χ4v) is 1.97. The molecule has 110 valence electrons. The zero-order chi connectivity index (χ0) is 14.9. The molecule has 20 heavy (non-hydrogen) atoms. The molecule has 4 N–H and O–H groups in total. The third kappa shape index (κ3) is 2.70. The molecular weight excluding hydrogens is 270 g/mol. The third-order valence-corrected chi connectivity index (χ3v) is 2.93. The van der Waals surface area contributed by atoms with E-state index in [4.69, 9.17) is 9.84 Å². The number of ether oxygens (including phenoxy) is 1. The van der Waals surface area contributed by atoms with E-state index in [0.717, 1.165) is 4.57 Å². The Labute approximate surface area is 113 Å². The Balaban J connectivity index is 2.26. The molecule has 1 amide bonds. The number of aliphatic hydroxyl groups excluding tert-OH is 3. The molecule has 4 atom stereocenters. The molecule has 9 nitrogen and oxygen atoms in total. The Morgan fingerprint density at radius 3 is 2.70 bits per heavy atom. The zero-order valence-corrected chi connectivity index (χ0v) is 10.6. The van der Waals surface area contributed by atoms with Crippen LogP contribution < -0.4 is 11.0 Å². The quantitative estimate of drug-likeness (QED) is 0.495. The number of aromatic nitrogens is 2. The van der Waals surface area contributed by atoms with Gasteiger partial charge in [0.1, 0.15) is 24.1 Å². The molecule has 9 heteroatoms. The SMILES string of the molecule is CC(=O)Nc1ccn([C@@H]2O[C@H](CO)[C@H](O)C2O)c(=O)n1. The highest BCUT2D eigenvalue weighted by molar-refractivity contribution is 5.87. The maximum absolute atomic E-state index is 11.8. The van der Waals surface area contributed by atoms with Crippen LogP contribution in [0.15, 0.2) is 17.1 Å². The van der Waals surface area contributed by atoms with Crippen LogP contribution in [0.2, 0.25) is 0 Å². The average Bonchev–Trinajstić information content (AvgIpc) is 2.66. The summed E-state index contributed by atoms with van der Waals surface area (Å²) in [6, 6.07) is 1.36. The van der Waals surface area contributed by atoms with Gasteiger partial charge < -0.3 is 25.4 Å². The first-order chi connectivity index (χ1) is 9.43. The first-order valence-corrected chi connectivity index (χ1v) is 5.93. The molecule has 1 aromatic heterocycles. The van der Waals surface area contributed by atoms with Crippen LogP contribution in [0.25, 0.3) is 0 Å². The number of anilines is 1. The molecule has 0 aromatic carbocycles. The van der Waals surface area contributed by atoms with Crippen molar-refractivity contribution < 1.29 is 24.9 Å². The lowest BCUT2D eigenvalue weighted by Crippen LogP contribution is -2.36. The van der Waals surface area contributed by atoms with Crippen LogP contribution in [0, 0.1) is 0 Å². The van der Waals surface area contributed by atoms with E-state index in [-0.39, 0.29) is 11.7 Å². The highest BCUT2D eigenvalue weighted by Gasteiger charge is 2.43. The van der Waals surface area contributed by atoms with E-state index in [0.29, 0.717) is 0 Å². The summed E-state index contributed by atoms with van der Waals surface area (Å²) >= 11 is 0. The topological polar surface area (TPSA) is 134 Å². The Bertz CT molecular complexity index is 559. The normalized spacial score (nSPS) is 29.4. The van der Waals surface area contributed by atoms with E-state index in [2.05, 4.69) is 10.3 Å². The summed E-state index contributed by atoms with van der Waals surface area (Å²) in [5.74, 6) is -0.298. The Morgan fingerprint density at radius 1 is 1.50 bits per heavy atom. The number of rotatable bonds is 3. The molecular formula is C11H15N3O6. The van der Waals surface area contributed by atoms with Crippen LogP contribution in [0.4, 0.5) is 5.82 Å². The van der Waals surface area contributed by atoms with Gasteiger partial charge >= 0.3 is 5.69 Å². The minimum Gasteiger partial charge on any atom is -0.394 e. The molecule has 0 aliphatic carbocycles. The second-order valence-corrected chi connectivity index (χ2v) is 4.41. The van der Waals surface area contributed by atoms with Gasteiger partial charge in [-0.05, 0) is 6.07 Å². The molecule has 2 rings (SSSR count). The maximum atomic E-state index is 11.8. The predicted octanol–water partition coefficient (Wildman–Crippen LogP) is -2.19. The van der Waals surface area contributed by atoms with Gasteiger partial charge in [0.2, 0.25) is 5.91 Å². The van der Waals surface area contributed by atoms with E-state index in [1.54, 1.807) is 0 Å². The summed E-state index contributed by atoms with van der Waals surface area (Å²) in [6.45, 7) is 0.792. The van der Waals surface area contributed by atoms with Gasteiger partial charge in [-0.15, -0.1) is 0 Å². The molecule has 0 spiro atoms. The van der Waals surface area contributed by atoms with Crippen molar-refractivity contribution in [2.75, 3.05) is 11.9 Å². The standard InChI is InChI=1S/C11H15N3O6/c1-5(16)12-7-2-3-14(11(19)13-7)10-9(18)8(17)6(4-15)20-10/h2-3,6,8-10,15,17-18H,4H2,1H3,(H,12,13,16,19)/t6-,8+,9?,10-/m1/s1. The monoisotopic (exact) mass is 285 g/mol. The highest BCUT2D eigenvalue weighted by atomic mass is 16.6. The molecule has 1 aliphatic heterocycles. The van der Waals surface area contributed by atoms with Crippen molar-refractivity contribution in [3.63, 3.8) is 0 Å². The van der Waals surface area contributed by atoms with Crippen molar-refractivity contribution in [1.82, 2.24) is 9.55 Å². The fraction of sp³-hybridized carbons (Fsp3) is 0.545. The number of aliphatic hydroxyl groups is 3. The summed E-state index contributed by atoms with van der Waals surface area (Å²) in [6.07, 6.45) is -3.50. The number of nitrogens with zero attached hydrogens (tertiary/aromatic N) is 2. The molecule has 1 aromatic rings. The van der Waals surface area contributed by atoms with Gasteiger partial charge in [-0.2, -0.15) is 4.98 Å². The number of hydrogen-bond acceptors (Lipinski definition) is 7. The number of hydrogen-bond donors (Lipinski definition) is 4. The van der Waals surface area contributed by atoms with Crippen LogP contribution in [0.1, 0.15) is 13.2 Å². The van der Waals surface area contributed by atoms with Crippen molar-refractivity contribution in [3.8, 4) is 0 Å². The van der Waals surface area contributed by atoms with Gasteiger partial charge in [0.15, 0.2) is 6.23 Å². The van der Waals surface area contributed by atoms with Crippen molar-refractivity contribution in [2.45, 2.75) is 31.5 Å². The second kappa shape index (κ2) is 5.67. The molecule has 0 saturated carbocycles. The minimum atomic E-state index is -1.36. The maximum Gasteiger partial charge on any atom is 0.351 e. The summed E-state index contributed by atoms with van der Waals surface area (Å²) in [5, 5.41) is 30.8. The lowest BCUT2D eigenvalue weighted by atomic mass is 10.1.